The first-order valence-electron chi connectivity index (χ1n) is 6.98. The van der Waals surface area contributed by atoms with Crippen molar-refractivity contribution in [3.05, 3.63) is 29.8 Å². The molecule has 1 aromatic rings. The predicted octanol–water partition coefficient (Wildman–Crippen LogP) is 1.70. The number of nitrogens with zero attached hydrogens (tertiary/aromatic N) is 1. The number of hydrogen-bond acceptors (Lipinski definition) is 3. The van der Waals surface area contributed by atoms with Crippen LogP contribution in [0.3, 0.4) is 0 Å². The highest BCUT2D eigenvalue weighted by atomic mass is 16.5. The van der Waals surface area contributed by atoms with Crippen LogP contribution in [0.1, 0.15) is 18.4 Å². The van der Waals surface area contributed by atoms with Crippen molar-refractivity contribution >= 4 is 12.0 Å². The van der Waals surface area contributed by atoms with E-state index in [0.717, 1.165) is 17.7 Å². The summed E-state index contributed by atoms with van der Waals surface area (Å²) in [7, 11) is 1.60. The Kier molecular flexibility index (Phi) is 5.03. The molecule has 1 unspecified atom stereocenters. The van der Waals surface area contributed by atoms with Crippen molar-refractivity contribution in [2.75, 3.05) is 20.2 Å². The first kappa shape index (κ1) is 15.2. The molecule has 2 N–H and O–H groups in total. The van der Waals surface area contributed by atoms with Gasteiger partial charge in [-0.25, -0.2) is 4.79 Å². The fraction of sp³-hybridized carbons (Fsp3) is 0.467. The van der Waals surface area contributed by atoms with E-state index in [1.54, 1.807) is 12.0 Å². The third-order valence-corrected chi connectivity index (χ3v) is 3.66. The van der Waals surface area contributed by atoms with Gasteiger partial charge < -0.3 is 20.1 Å². The fourth-order valence-electron chi connectivity index (χ4n) is 2.40. The highest BCUT2D eigenvalue weighted by molar-refractivity contribution is 5.76. The Labute approximate surface area is 123 Å². The SMILES string of the molecule is COc1ccc(CNC(=O)N2CCCC(C(=O)O)C2)cc1. The minimum atomic E-state index is -0.831. The summed E-state index contributed by atoms with van der Waals surface area (Å²) in [6.45, 7) is 1.30. The maximum absolute atomic E-state index is 12.1. The van der Waals surface area contributed by atoms with Crippen LogP contribution >= 0.6 is 0 Å². The number of carboxylic acid groups (broad SMARTS) is 1. The molecule has 21 heavy (non-hydrogen) atoms. The van der Waals surface area contributed by atoms with Gasteiger partial charge in [0.05, 0.1) is 13.0 Å². The molecule has 0 aliphatic carbocycles. The zero-order valence-electron chi connectivity index (χ0n) is 12.0. The Balaban J connectivity index is 1.84. The fourth-order valence-corrected chi connectivity index (χ4v) is 2.40. The van der Waals surface area contributed by atoms with Crippen molar-refractivity contribution in [2.24, 2.45) is 5.92 Å². The molecule has 1 heterocycles. The summed E-state index contributed by atoms with van der Waals surface area (Å²) in [5.74, 6) is -0.515. The van der Waals surface area contributed by atoms with E-state index >= 15 is 0 Å². The van der Waals surface area contributed by atoms with Crippen molar-refractivity contribution in [3.8, 4) is 5.75 Å². The average molecular weight is 292 g/mol. The van der Waals surface area contributed by atoms with Crippen LogP contribution in [0, 0.1) is 5.92 Å². The number of urea groups is 1. The lowest BCUT2D eigenvalue weighted by Gasteiger charge is -2.30. The Hall–Kier alpha value is -2.24. The topological polar surface area (TPSA) is 78.9 Å². The average Bonchev–Trinajstić information content (AvgIpc) is 2.53. The van der Waals surface area contributed by atoms with Crippen LogP contribution in [0.4, 0.5) is 4.79 Å². The number of carbonyl (C=O) groups excluding carboxylic acids is 1. The molecule has 0 radical (unpaired) electrons. The summed E-state index contributed by atoms with van der Waals surface area (Å²) in [4.78, 5) is 24.6. The van der Waals surface area contributed by atoms with Crippen LogP contribution in [0.5, 0.6) is 5.75 Å². The number of carbonyl (C=O) groups is 2. The number of aliphatic carboxylic acids is 1. The molecule has 6 nitrogen and oxygen atoms in total. The molecule has 0 bridgehead atoms. The van der Waals surface area contributed by atoms with E-state index in [1.165, 1.54) is 0 Å². The molecule has 0 saturated carbocycles. The summed E-state index contributed by atoms with van der Waals surface area (Å²) in [5.41, 5.74) is 0.968. The van der Waals surface area contributed by atoms with Gasteiger partial charge in [-0.15, -0.1) is 0 Å². The number of methoxy groups -OCH3 is 1. The Morgan fingerprint density at radius 1 is 1.38 bits per heavy atom. The molecular formula is C15H20N2O4. The molecule has 1 atom stereocenters. The third-order valence-electron chi connectivity index (χ3n) is 3.66. The zero-order chi connectivity index (χ0) is 15.2. The Morgan fingerprint density at radius 3 is 2.71 bits per heavy atom. The normalized spacial score (nSPS) is 18.1. The summed E-state index contributed by atoms with van der Waals surface area (Å²) in [5, 5.41) is 11.8. The van der Waals surface area contributed by atoms with Crippen molar-refractivity contribution in [1.29, 1.82) is 0 Å². The van der Waals surface area contributed by atoms with E-state index in [2.05, 4.69) is 5.32 Å². The van der Waals surface area contributed by atoms with Crippen LogP contribution in [0.15, 0.2) is 24.3 Å². The lowest BCUT2D eigenvalue weighted by Crippen LogP contribution is -2.46. The molecule has 114 valence electrons. The molecule has 0 aromatic heterocycles. The number of benzene rings is 1. The van der Waals surface area contributed by atoms with Crippen molar-refractivity contribution < 1.29 is 19.4 Å². The minimum Gasteiger partial charge on any atom is -0.497 e. The number of rotatable bonds is 4. The van der Waals surface area contributed by atoms with E-state index in [0.29, 0.717) is 19.5 Å². The molecule has 1 aliphatic heterocycles. The van der Waals surface area contributed by atoms with Crippen LogP contribution in [-0.4, -0.2) is 42.2 Å². The molecule has 1 aromatic carbocycles. The van der Waals surface area contributed by atoms with Gasteiger partial charge in [0.25, 0.3) is 0 Å². The standard InChI is InChI=1S/C15H20N2O4/c1-21-13-6-4-11(5-7-13)9-16-15(20)17-8-2-3-12(10-17)14(18)19/h4-7,12H,2-3,8-10H2,1H3,(H,16,20)(H,18,19). The van der Waals surface area contributed by atoms with Crippen LogP contribution in [-0.2, 0) is 11.3 Å². The van der Waals surface area contributed by atoms with Crippen molar-refractivity contribution in [1.82, 2.24) is 10.2 Å². The quantitative estimate of drug-likeness (QED) is 0.885. The number of nitrogens with one attached hydrogen (secondary N) is 1. The zero-order valence-corrected chi connectivity index (χ0v) is 12.0. The van der Waals surface area contributed by atoms with Gasteiger partial charge in [0.2, 0.25) is 0 Å². The molecule has 1 saturated heterocycles. The maximum atomic E-state index is 12.1. The molecule has 6 heteroatoms. The van der Waals surface area contributed by atoms with E-state index in [1.807, 2.05) is 24.3 Å². The number of amides is 2. The number of piperidine rings is 1. The third kappa shape index (κ3) is 4.11. The van der Waals surface area contributed by atoms with Gasteiger partial charge >= 0.3 is 12.0 Å². The summed E-state index contributed by atoms with van der Waals surface area (Å²) in [6.07, 6.45) is 1.37. The van der Waals surface area contributed by atoms with Crippen LogP contribution < -0.4 is 10.1 Å². The van der Waals surface area contributed by atoms with E-state index in [-0.39, 0.29) is 12.6 Å². The van der Waals surface area contributed by atoms with Crippen molar-refractivity contribution in [2.45, 2.75) is 19.4 Å². The molecule has 2 amide bonds. The second-order valence-corrected chi connectivity index (χ2v) is 5.13. The van der Waals surface area contributed by atoms with Crippen LogP contribution in [0.2, 0.25) is 0 Å². The van der Waals surface area contributed by atoms with Gasteiger partial charge in [0.15, 0.2) is 0 Å². The monoisotopic (exact) mass is 292 g/mol. The first-order chi connectivity index (χ1) is 10.1. The number of ether oxygens (including phenoxy) is 1. The van der Waals surface area contributed by atoms with Gasteiger partial charge in [-0.1, -0.05) is 12.1 Å². The van der Waals surface area contributed by atoms with E-state index in [9.17, 15) is 9.59 Å². The Morgan fingerprint density at radius 2 is 2.10 bits per heavy atom. The predicted molar refractivity (Wildman–Crippen MR) is 77.2 cm³/mol. The Bertz CT molecular complexity index is 501. The van der Waals surface area contributed by atoms with Gasteiger partial charge in [0.1, 0.15) is 5.75 Å². The van der Waals surface area contributed by atoms with E-state index in [4.69, 9.17) is 9.84 Å². The minimum absolute atomic E-state index is 0.211. The maximum Gasteiger partial charge on any atom is 0.317 e. The molecule has 1 aliphatic rings. The highest BCUT2D eigenvalue weighted by Gasteiger charge is 2.27. The summed E-state index contributed by atoms with van der Waals surface area (Å²) >= 11 is 0. The number of carboxylic acids is 1. The van der Waals surface area contributed by atoms with Gasteiger partial charge in [-0.05, 0) is 30.5 Å². The molecule has 2 rings (SSSR count). The first-order valence-corrected chi connectivity index (χ1v) is 6.98. The highest BCUT2D eigenvalue weighted by Crippen LogP contribution is 2.17. The van der Waals surface area contributed by atoms with Gasteiger partial charge in [-0.3, -0.25) is 4.79 Å². The van der Waals surface area contributed by atoms with Crippen LogP contribution in [0.25, 0.3) is 0 Å². The second-order valence-electron chi connectivity index (χ2n) is 5.13. The lowest BCUT2D eigenvalue weighted by atomic mass is 9.99. The second kappa shape index (κ2) is 6.97. The van der Waals surface area contributed by atoms with Crippen molar-refractivity contribution in [3.63, 3.8) is 0 Å². The van der Waals surface area contributed by atoms with Gasteiger partial charge in [0, 0.05) is 19.6 Å². The molecular weight excluding hydrogens is 272 g/mol. The summed E-state index contributed by atoms with van der Waals surface area (Å²) in [6, 6.07) is 7.23. The smallest absolute Gasteiger partial charge is 0.317 e. The van der Waals surface area contributed by atoms with Gasteiger partial charge in [-0.2, -0.15) is 0 Å². The lowest BCUT2D eigenvalue weighted by molar-refractivity contribution is -0.143. The van der Waals surface area contributed by atoms with E-state index < -0.39 is 11.9 Å². The largest absolute Gasteiger partial charge is 0.497 e. The molecule has 0 spiro atoms. The summed E-state index contributed by atoms with van der Waals surface area (Å²) < 4.78 is 5.07. The number of likely N-dealkylation sites (tertiary alicyclic amines) is 1. The molecule has 1 fully saturated rings. The number of hydrogen-bond donors (Lipinski definition) is 2.